The van der Waals surface area contributed by atoms with Gasteiger partial charge in [0.05, 0.1) is 19.8 Å². The van der Waals surface area contributed by atoms with Gasteiger partial charge in [-0.3, -0.25) is 18.1 Å². The summed E-state index contributed by atoms with van der Waals surface area (Å²) in [6.07, 6.45) is 5.63. The summed E-state index contributed by atoms with van der Waals surface area (Å²) in [5.41, 5.74) is 0. The molecule has 0 aliphatic heterocycles. The highest BCUT2D eigenvalue weighted by Gasteiger charge is 2.25. The Bertz CT molecular complexity index is 193. The summed E-state index contributed by atoms with van der Waals surface area (Å²) in [5.74, 6) is 0. The molecular formula is C12H28O5P2. The summed E-state index contributed by atoms with van der Waals surface area (Å²) in [4.78, 5) is 0. The van der Waals surface area contributed by atoms with Gasteiger partial charge in [-0.2, -0.15) is 0 Å². The van der Waals surface area contributed by atoms with Gasteiger partial charge in [-0.05, 0) is 19.3 Å². The second kappa shape index (κ2) is 16.3. The van der Waals surface area contributed by atoms with E-state index in [1.807, 2.05) is 0 Å². The van der Waals surface area contributed by atoms with Crippen LogP contribution in [0.25, 0.3) is 0 Å². The van der Waals surface area contributed by atoms with Crippen molar-refractivity contribution in [1.82, 2.24) is 0 Å². The van der Waals surface area contributed by atoms with Gasteiger partial charge < -0.3 is 0 Å². The molecule has 5 nitrogen and oxygen atoms in total. The Kier molecular flexibility index (Phi) is 18.4. The zero-order chi connectivity index (χ0) is 15.0. The first-order valence-electron chi connectivity index (χ1n) is 6.92. The Balaban J connectivity index is 0. The summed E-state index contributed by atoms with van der Waals surface area (Å²) in [6, 6.07) is 0. The van der Waals surface area contributed by atoms with Gasteiger partial charge >= 0.3 is 7.82 Å². The van der Waals surface area contributed by atoms with E-state index in [0.29, 0.717) is 19.8 Å². The molecule has 0 aromatic carbocycles. The highest BCUT2D eigenvalue weighted by Crippen LogP contribution is 2.49. The summed E-state index contributed by atoms with van der Waals surface area (Å²) in [6.45, 7) is 7.49. The van der Waals surface area contributed by atoms with Crippen LogP contribution in [0, 0.1) is 0 Å². The molecule has 0 aromatic rings. The Hall–Kier alpha value is 0.210. The van der Waals surface area contributed by atoms with Gasteiger partial charge in [0.25, 0.3) is 0 Å². The molecule has 0 spiro atoms. The van der Waals surface area contributed by atoms with Crippen molar-refractivity contribution >= 4 is 16.9 Å². The molecule has 0 atom stereocenters. The Morgan fingerprint density at radius 2 is 1.00 bits per heavy atom. The number of phosphoric acid groups is 1. The van der Waals surface area contributed by atoms with Crippen LogP contribution in [0.5, 0.6) is 0 Å². The third-order valence-corrected chi connectivity index (χ3v) is 3.74. The fourth-order valence-electron chi connectivity index (χ4n) is 1.07. The topological polar surface area (TPSA) is 61.8 Å². The van der Waals surface area contributed by atoms with Gasteiger partial charge in [0, 0.05) is 0 Å². The van der Waals surface area contributed by atoms with Crippen molar-refractivity contribution in [1.29, 1.82) is 0 Å². The third kappa shape index (κ3) is 14.4. The second-order valence-corrected chi connectivity index (χ2v) is 5.68. The van der Waals surface area contributed by atoms with E-state index in [1.54, 1.807) is 9.12 Å². The molecule has 0 rings (SSSR count). The van der Waals surface area contributed by atoms with E-state index in [2.05, 4.69) is 20.8 Å². The first-order valence-corrected chi connectivity index (χ1v) is 8.79. The zero-order valence-corrected chi connectivity index (χ0v) is 14.2. The van der Waals surface area contributed by atoms with E-state index in [1.165, 1.54) is 0 Å². The van der Waals surface area contributed by atoms with Crippen LogP contribution in [0.3, 0.4) is 0 Å². The minimum atomic E-state index is -3.31. The number of hydrogen-bond donors (Lipinski definition) is 0. The van der Waals surface area contributed by atoms with E-state index in [9.17, 15) is 4.57 Å². The Labute approximate surface area is 119 Å². The van der Waals surface area contributed by atoms with E-state index in [-0.39, 0.29) is 0 Å². The van der Waals surface area contributed by atoms with Crippen molar-refractivity contribution in [2.75, 3.05) is 19.8 Å². The SMILES string of the molecule is CCCCOP(=O)(OCCCC)OCCCC.O=P. The molecule has 116 valence electrons. The predicted molar refractivity (Wildman–Crippen MR) is 79.2 cm³/mol. The van der Waals surface area contributed by atoms with Gasteiger partial charge in [0.15, 0.2) is 0 Å². The molecule has 0 aliphatic rings. The van der Waals surface area contributed by atoms with Crippen molar-refractivity contribution < 1.29 is 22.7 Å². The first kappa shape index (κ1) is 21.5. The van der Waals surface area contributed by atoms with E-state index < -0.39 is 7.82 Å². The van der Waals surface area contributed by atoms with Crippen molar-refractivity contribution in [2.45, 2.75) is 59.3 Å². The lowest BCUT2D eigenvalue weighted by molar-refractivity contribution is 0.110. The van der Waals surface area contributed by atoms with Gasteiger partial charge in [0.2, 0.25) is 0 Å². The molecule has 19 heavy (non-hydrogen) atoms. The smallest absolute Gasteiger partial charge is 0.287 e. The van der Waals surface area contributed by atoms with Crippen molar-refractivity contribution in [3.63, 3.8) is 0 Å². The molecule has 0 N–H and O–H groups in total. The van der Waals surface area contributed by atoms with Gasteiger partial charge in [-0.25, -0.2) is 4.57 Å². The molecule has 0 bridgehead atoms. The summed E-state index contributed by atoms with van der Waals surface area (Å²) < 4.78 is 36.0. The maximum absolute atomic E-state index is 12.2. The maximum atomic E-state index is 12.2. The second-order valence-electron chi connectivity index (χ2n) is 4.01. The van der Waals surface area contributed by atoms with Crippen molar-refractivity contribution in [3.05, 3.63) is 0 Å². The lowest BCUT2D eigenvalue weighted by Crippen LogP contribution is -2.03. The molecule has 0 saturated carbocycles. The largest absolute Gasteiger partial charge is 0.474 e. The van der Waals surface area contributed by atoms with E-state index in [4.69, 9.17) is 18.1 Å². The maximum Gasteiger partial charge on any atom is 0.474 e. The molecule has 0 fully saturated rings. The molecule has 0 radical (unpaired) electrons. The molecule has 0 unspecified atom stereocenters. The van der Waals surface area contributed by atoms with Crippen LogP contribution in [0.15, 0.2) is 0 Å². The zero-order valence-electron chi connectivity index (χ0n) is 12.4. The van der Waals surface area contributed by atoms with Crippen LogP contribution in [-0.4, -0.2) is 19.8 Å². The highest BCUT2D eigenvalue weighted by molar-refractivity contribution is 7.48. The van der Waals surface area contributed by atoms with Crippen LogP contribution in [0.1, 0.15) is 59.3 Å². The van der Waals surface area contributed by atoms with Crippen LogP contribution in [0.4, 0.5) is 0 Å². The summed E-state index contributed by atoms with van der Waals surface area (Å²) >= 11 is 0. The molecule has 0 heterocycles. The highest BCUT2D eigenvalue weighted by atomic mass is 31.2. The number of hydrogen-bond acceptors (Lipinski definition) is 5. The summed E-state index contributed by atoms with van der Waals surface area (Å²) in [7, 11) is -1.59. The van der Waals surface area contributed by atoms with E-state index >= 15 is 0 Å². The average molecular weight is 314 g/mol. The molecular weight excluding hydrogens is 286 g/mol. The fourth-order valence-corrected chi connectivity index (χ4v) is 2.36. The standard InChI is InChI=1S/C12H27O4P.HOP/c1-4-7-10-14-17(13,15-11-8-5-2)16-12-9-6-3;1-2/h4-12H2,1-3H3;2H. The lowest BCUT2D eigenvalue weighted by Gasteiger charge is -2.17. The number of phosphoric ester groups is 1. The monoisotopic (exact) mass is 314 g/mol. The van der Waals surface area contributed by atoms with Gasteiger partial charge in [0.1, 0.15) is 9.12 Å². The lowest BCUT2D eigenvalue weighted by atomic mass is 10.4. The molecule has 0 aromatic heterocycles. The van der Waals surface area contributed by atoms with Crippen LogP contribution < -0.4 is 0 Å². The van der Waals surface area contributed by atoms with Gasteiger partial charge in [-0.15, -0.1) is 0 Å². The Morgan fingerprint density at radius 3 is 1.21 bits per heavy atom. The first-order chi connectivity index (χ1) is 9.18. The quantitative estimate of drug-likeness (QED) is 0.374. The minimum absolute atomic E-state index is 0.437. The predicted octanol–water partition coefficient (Wildman–Crippen LogP) is 5.02. The molecule has 0 saturated heterocycles. The molecule has 0 aliphatic carbocycles. The van der Waals surface area contributed by atoms with E-state index in [0.717, 1.165) is 38.5 Å². The van der Waals surface area contributed by atoms with Crippen LogP contribution in [0.2, 0.25) is 0 Å². The molecule has 7 heteroatoms. The average Bonchev–Trinajstić information content (AvgIpc) is 2.42. The number of unbranched alkanes of at least 4 members (excludes halogenated alkanes) is 3. The van der Waals surface area contributed by atoms with Gasteiger partial charge in [-0.1, -0.05) is 40.0 Å². The van der Waals surface area contributed by atoms with Crippen molar-refractivity contribution in [3.8, 4) is 0 Å². The molecule has 0 amide bonds. The van der Waals surface area contributed by atoms with Crippen LogP contribution in [-0.2, 0) is 22.7 Å². The third-order valence-electron chi connectivity index (χ3n) is 2.24. The summed E-state index contributed by atoms with van der Waals surface area (Å²) in [5, 5.41) is 0. The number of rotatable bonds is 12. The normalized spacial score (nSPS) is 10.9. The van der Waals surface area contributed by atoms with Crippen LogP contribution >= 0.6 is 16.9 Å². The van der Waals surface area contributed by atoms with Crippen molar-refractivity contribution in [2.24, 2.45) is 0 Å². The fraction of sp³-hybridized carbons (Fsp3) is 1.00. The minimum Gasteiger partial charge on any atom is -0.287 e. The Morgan fingerprint density at radius 1 is 0.737 bits per heavy atom.